The summed E-state index contributed by atoms with van der Waals surface area (Å²) in [5.74, 6) is -0.124. The maximum atomic E-state index is 12.9. The first-order valence-corrected chi connectivity index (χ1v) is 10.6. The van der Waals surface area contributed by atoms with Crippen LogP contribution in [0.15, 0.2) is 29.2 Å². The fraction of sp³-hybridized carbons (Fsp3) is 0.474. The molecule has 2 heterocycles. The molecule has 0 atom stereocenters. The largest absolute Gasteiger partial charge is 0.326 e. The van der Waals surface area contributed by atoms with Crippen molar-refractivity contribution in [2.75, 3.05) is 18.4 Å². The molecule has 1 fully saturated rings. The average Bonchev–Trinajstić information content (AvgIpc) is 3.24. The van der Waals surface area contributed by atoms with Crippen LogP contribution >= 0.6 is 0 Å². The number of amides is 1. The molecular weight excluding hydrogens is 364 g/mol. The number of para-hydroxylation sites is 1. The number of rotatable bonds is 6. The fourth-order valence-electron chi connectivity index (χ4n) is 3.46. The zero-order valence-electron chi connectivity index (χ0n) is 16.0. The molecule has 0 aliphatic carbocycles. The van der Waals surface area contributed by atoms with Crippen molar-refractivity contribution in [3.05, 3.63) is 41.2 Å². The third-order valence-corrected chi connectivity index (χ3v) is 7.10. The van der Waals surface area contributed by atoms with Gasteiger partial charge in [0.15, 0.2) is 0 Å². The zero-order valence-corrected chi connectivity index (χ0v) is 16.8. The molecule has 3 rings (SSSR count). The molecule has 1 amide bonds. The molecular formula is C19H26N4O3S. The highest BCUT2D eigenvalue weighted by atomic mass is 32.2. The van der Waals surface area contributed by atoms with Crippen LogP contribution in [-0.2, 0) is 21.4 Å². The molecule has 0 bridgehead atoms. The average molecular weight is 391 g/mol. The molecule has 1 aromatic carbocycles. The summed E-state index contributed by atoms with van der Waals surface area (Å²) in [6.45, 7) is 6.85. The topological polar surface area (TPSA) is 84.3 Å². The Morgan fingerprint density at radius 1 is 1.15 bits per heavy atom. The second-order valence-corrected chi connectivity index (χ2v) is 8.82. The molecule has 7 nitrogen and oxygen atoms in total. The van der Waals surface area contributed by atoms with E-state index in [-0.39, 0.29) is 17.2 Å². The van der Waals surface area contributed by atoms with Crippen molar-refractivity contribution < 1.29 is 13.2 Å². The third-order valence-electron chi connectivity index (χ3n) is 4.95. The van der Waals surface area contributed by atoms with Gasteiger partial charge in [-0.05, 0) is 45.2 Å². The van der Waals surface area contributed by atoms with Gasteiger partial charge in [-0.15, -0.1) is 0 Å². The second-order valence-electron chi connectivity index (χ2n) is 6.95. The summed E-state index contributed by atoms with van der Waals surface area (Å²) < 4.78 is 28.9. The summed E-state index contributed by atoms with van der Waals surface area (Å²) in [7, 11) is -3.52. The summed E-state index contributed by atoms with van der Waals surface area (Å²) in [5.41, 5.74) is 2.85. The predicted molar refractivity (Wildman–Crippen MR) is 104 cm³/mol. The number of sulfonamides is 1. The van der Waals surface area contributed by atoms with Crippen molar-refractivity contribution >= 4 is 21.6 Å². The lowest BCUT2D eigenvalue weighted by molar-refractivity contribution is -0.116. The van der Waals surface area contributed by atoms with Crippen LogP contribution in [0.5, 0.6) is 0 Å². The monoisotopic (exact) mass is 390 g/mol. The van der Waals surface area contributed by atoms with Gasteiger partial charge in [0.1, 0.15) is 4.90 Å². The molecule has 0 radical (unpaired) electrons. The van der Waals surface area contributed by atoms with Crippen molar-refractivity contribution in [2.24, 2.45) is 0 Å². The molecule has 1 saturated heterocycles. The van der Waals surface area contributed by atoms with Crippen LogP contribution in [0.4, 0.5) is 5.69 Å². The number of carbonyl (C=O) groups is 1. The van der Waals surface area contributed by atoms with E-state index in [4.69, 9.17) is 0 Å². The third kappa shape index (κ3) is 4.06. The number of aryl methyl sites for hydroxylation is 3. The number of aromatic nitrogens is 2. The molecule has 8 heteroatoms. The molecule has 1 aliphatic heterocycles. The van der Waals surface area contributed by atoms with Crippen LogP contribution in [0.25, 0.3) is 0 Å². The van der Waals surface area contributed by atoms with Gasteiger partial charge in [0.05, 0.1) is 17.9 Å². The second kappa shape index (κ2) is 7.82. The Bertz CT molecular complexity index is 944. The van der Waals surface area contributed by atoms with E-state index in [0.29, 0.717) is 31.0 Å². The molecule has 2 aromatic rings. The standard InChI is InChI=1S/C19H26N4O3S/c1-14-8-4-5-9-17(14)20-18(24)10-13-23-16(3)19(15(2)21-23)27(25,26)22-11-6-7-12-22/h4-5,8-9H,6-7,10-13H2,1-3H3,(H,20,24). The Balaban J connectivity index is 1.71. The Labute approximate surface area is 160 Å². The van der Waals surface area contributed by atoms with E-state index in [9.17, 15) is 13.2 Å². The smallest absolute Gasteiger partial charge is 0.246 e. The van der Waals surface area contributed by atoms with Gasteiger partial charge in [-0.25, -0.2) is 8.42 Å². The Kier molecular flexibility index (Phi) is 5.67. The Morgan fingerprint density at radius 3 is 2.48 bits per heavy atom. The minimum absolute atomic E-state index is 0.124. The lowest BCUT2D eigenvalue weighted by atomic mass is 10.2. The highest BCUT2D eigenvalue weighted by Gasteiger charge is 2.32. The normalized spacial score (nSPS) is 15.2. The molecule has 27 heavy (non-hydrogen) atoms. The maximum absolute atomic E-state index is 12.9. The van der Waals surface area contributed by atoms with Crippen molar-refractivity contribution in [1.82, 2.24) is 14.1 Å². The van der Waals surface area contributed by atoms with E-state index in [0.717, 1.165) is 24.1 Å². The fourth-order valence-corrected chi connectivity index (χ4v) is 5.35. The van der Waals surface area contributed by atoms with Gasteiger partial charge < -0.3 is 5.32 Å². The SMILES string of the molecule is Cc1ccccc1NC(=O)CCn1nc(C)c(S(=O)(=O)N2CCCC2)c1C. The molecule has 146 valence electrons. The molecule has 0 saturated carbocycles. The van der Waals surface area contributed by atoms with E-state index in [1.807, 2.05) is 31.2 Å². The van der Waals surface area contributed by atoms with Crippen LogP contribution in [0.3, 0.4) is 0 Å². The zero-order chi connectivity index (χ0) is 19.6. The molecule has 1 aromatic heterocycles. The molecule has 1 aliphatic rings. The van der Waals surface area contributed by atoms with Crippen LogP contribution in [-0.4, -0.2) is 41.5 Å². The lowest BCUT2D eigenvalue weighted by Gasteiger charge is -2.15. The lowest BCUT2D eigenvalue weighted by Crippen LogP contribution is -2.28. The summed E-state index contributed by atoms with van der Waals surface area (Å²) in [6.07, 6.45) is 2.01. The van der Waals surface area contributed by atoms with E-state index in [1.54, 1.807) is 18.5 Å². The van der Waals surface area contributed by atoms with Crippen molar-refractivity contribution in [3.8, 4) is 0 Å². The highest BCUT2D eigenvalue weighted by Crippen LogP contribution is 2.26. The van der Waals surface area contributed by atoms with Crippen LogP contribution in [0.2, 0.25) is 0 Å². The number of anilines is 1. The van der Waals surface area contributed by atoms with Gasteiger partial charge in [-0.1, -0.05) is 18.2 Å². The minimum atomic E-state index is -3.52. The van der Waals surface area contributed by atoms with Crippen LogP contribution < -0.4 is 5.32 Å². The molecule has 0 spiro atoms. The van der Waals surface area contributed by atoms with Gasteiger partial charge in [0.25, 0.3) is 0 Å². The van der Waals surface area contributed by atoms with Crippen molar-refractivity contribution in [2.45, 2.75) is 51.5 Å². The van der Waals surface area contributed by atoms with Gasteiger partial charge in [0, 0.05) is 25.2 Å². The summed E-state index contributed by atoms with van der Waals surface area (Å²) in [6, 6.07) is 7.59. The number of nitrogens with one attached hydrogen (secondary N) is 1. The summed E-state index contributed by atoms with van der Waals surface area (Å²) in [5, 5.41) is 7.27. The highest BCUT2D eigenvalue weighted by molar-refractivity contribution is 7.89. The van der Waals surface area contributed by atoms with Crippen molar-refractivity contribution in [1.29, 1.82) is 0 Å². The van der Waals surface area contributed by atoms with Crippen molar-refractivity contribution in [3.63, 3.8) is 0 Å². The van der Waals surface area contributed by atoms with E-state index < -0.39 is 10.0 Å². The first kappa shape index (κ1) is 19.6. The van der Waals surface area contributed by atoms with Gasteiger partial charge in [-0.2, -0.15) is 9.40 Å². The first-order chi connectivity index (χ1) is 12.8. The maximum Gasteiger partial charge on any atom is 0.246 e. The van der Waals surface area contributed by atoms with E-state index in [2.05, 4.69) is 10.4 Å². The van der Waals surface area contributed by atoms with E-state index in [1.165, 1.54) is 4.31 Å². The Hall–Kier alpha value is -2.19. The summed E-state index contributed by atoms with van der Waals surface area (Å²) in [4.78, 5) is 12.5. The van der Waals surface area contributed by atoms with Crippen LogP contribution in [0, 0.1) is 20.8 Å². The van der Waals surface area contributed by atoms with Gasteiger partial charge in [0.2, 0.25) is 15.9 Å². The summed E-state index contributed by atoms with van der Waals surface area (Å²) >= 11 is 0. The molecule has 0 unspecified atom stereocenters. The minimum Gasteiger partial charge on any atom is -0.326 e. The molecule has 1 N–H and O–H groups in total. The number of nitrogens with zero attached hydrogens (tertiary/aromatic N) is 3. The van der Waals surface area contributed by atoms with Gasteiger partial charge >= 0.3 is 0 Å². The van der Waals surface area contributed by atoms with Gasteiger partial charge in [-0.3, -0.25) is 9.48 Å². The number of benzene rings is 1. The predicted octanol–water partition coefficient (Wildman–Crippen LogP) is 2.62. The first-order valence-electron chi connectivity index (χ1n) is 9.20. The number of hydrogen-bond acceptors (Lipinski definition) is 4. The number of hydrogen-bond donors (Lipinski definition) is 1. The van der Waals surface area contributed by atoms with Crippen LogP contribution in [0.1, 0.15) is 36.2 Å². The quantitative estimate of drug-likeness (QED) is 0.822. The Morgan fingerprint density at radius 2 is 1.81 bits per heavy atom. The number of carbonyl (C=O) groups excluding carboxylic acids is 1. The van der Waals surface area contributed by atoms with E-state index >= 15 is 0 Å².